The lowest BCUT2D eigenvalue weighted by Gasteiger charge is -2.12. The molecule has 1 heterocycles. The number of hydrogen-bond donors (Lipinski definition) is 6. The van der Waals surface area contributed by atoms with Gasteiger partial charge in [-0.1, -0.05) is 6.07 Å². The lowest BCUT2D eigenvalue weighted by atomic mass is 10.1. The summed E-state index contributed by atoms with van der Waals surface area (Å²) < 4.78 is 15.3. The molecule has 11 nitrogen and oxygen atoms in total. The zero-order valence-corrected chi connectivity index (χ0v) is 16.0. The van der Waals surface area contributed by atoms with Gasteiger partial charge in [-0.15, -0.1) is 0 Å². The van der Waals surface area contributed by atoms with E-state index in [1.54, 1.807) is 0 Å². The van der Waals surface area contributed by atoms with Gasteiger partial charge in [-0.25, -0.2) is 9.36 Å². The Balaban J connectivity index is 2.32. The van der Waals surface area contributed by atoms with Crippen LogP contribution in [0.5, 0.6) is 17.2 Å². The van der Waals surface area contributed by atoms with Gasteiger partial charge >= 0.3 is 13.8 Å². The van der Waals surface area contributed by atoms with Gasteiger partial charge in [-0.2, -0.15) is 0 Å². The highest BCUT2D eigenvalue weighted by molar-refractivity contribution is 7.46. The average Bonchev–Trinajstić information content (AvgIpc) is 2.62. The average molecular weight is 426 g/mol. The minimum absolute atomic E-state index is 0.00533. The molecule has 0 saturated carbocycles. The molecule has 0 bridgehead atoms. The predicted molar refractivity (Wildman–Crippen MR) is 100.0 cm³/mol. The summed E-state index contributed by atoms with van der Waals surface area (Å²) in [5.41, 5.74) is 0.684. The van der Waals surface area contributed by atoms with Gasteiger partial charge in [-0.3, -0.25) is 14.5 Å². The van der Waals surface area contributed by atoms with Crippen LogP contribution in [0.4, 0.5) is 0 Å². The number of phenolic OH excluding ortho intramolecular Hbond substituents is 2. The van der Waals surface area contributed by atoms with Gasteiger partial charge in [0.25, 0.3) is 0 Å². The fraction of sp³-hybridized carbons (Fsp3) is 0.235. The van der Waals surface area contributed by atoms with E-state index in [2.05, 4.69) is 14.5 Å². The van der Waals surface area contributed by atoms with Crippen LogP contribution in [0.25, 0.3) is 0 Å². The number of aliphatic imine (C=N–C) groups is 1. The number of carbonyl (C=O) groups is 1. The first-order valence-corrected chi connectivity index (χ1v) is 9.65. The minimum Gasteiger partial charge on any atom is -0.505 e. The van der Waals surface area contributed by atoms with Crippen molar-refractivity contribution in [2.45, 2.75) is 26.0 Å². The largest absolute Gasteiger partial charge is 0.505 e. The van der Waals surface area contributed by atoms with Crippen molar-refractivity contribution in [1.82, 2.24) is 4.98 Å². The van der Waals surface area contributed by atoms with Gasteiger partial charge in [0, 0.05) is 30.0 Å². The zero-order valence-electron chi connectivity index (χ0n) is 15.1. The molecule has 1 aromatic carbocycles. The Morgan fingerprint density at radius 2 is 1.97 bits per heavy atom. The van der Waals surface area contributed by atoms with Crippen LogP contribution in [0.2, 0.25) is 0 Å². The van der Waals surface area contributed by atoms with Gasteiger partial charge in [0.05, 0.1) is 12.3 Å². The number of rotatable bonds is 8. The molecule has 0 amide bonds. The highest BCUT2D eigenvalue weighted by Crippen LogP contribution is 2.37. The molecule has 1 aromatic heterocycles. The second kappa shape index (κ2) is 9.01. The third-order valence-electron chi connectivity index (χ3n) is 3.88. The van der Waals surface area contributed by atoms with Crippen molar-refractivity contribution in [2.75, 3.05) is 0 Å². The third kappa shape index (κ3) is 6.26. The van der Waals surface area contributed by atoms with Crippen LogP contribution in [0.1, 0.15) is 22.4 Å². The molecule has 0 spiro atoms. The smallest absolute Gasteiger partial charge is 0.469 e. The number of pyridine rings is 1. The Hall–Kier alpha value is -2.98. The number of carboxylic acids is 1. The minimum atomic E-state index is -4.78. The molecule has 0 aliphatic carbocycles. The molecule has 2 rings (SSSR count). The molecule has 0 saturated heterocycles. The molecule has 1 atom stereocenters. The molecule has 12 heteroatoms. The van der Waals surface area contributed by atoms with Crippen LogP contribution in [0, 0.1) is 6.92 Å². The zero-order chi connectivity index (χ0) is 21.8. The number of nitrogens with zero attached hydrogens (tertiary/aromatic N) is 2. The molecular formula is C17H19N2O9P. The molecule has 0 fully saturated rings. The van der Waals surface area contributed by atoms with Gasteiger partial charge < -0.3 is 30.2 Å². The number of aromatic hydroxyl groups is 3. The molecule has 0 radical (unpaired) electrons. The fourth-order valence-corrected chi connectivity index (χ4v) is 2.66. The summed E-state index contributed by atoms with van der Waals surface area (Å²) in [6.45, 7) is 0.893. The summed E-state index contributed by atoms with van der Waals surface area (Å²) in [5, 5.41) is 38.5. The predicted octanol–water partition coefficient (Wildman–Crippen LogP) is 1.23. The van der Waals surface area contributed by atoms with Crippen LogP contribution in [-0.4, -0.2) is 53.4 Å². The Morgan fingerprint density at radius 1 is 1.28 bits per heavy atom. The van der Waals surface area contributed by atoms with Crippen molar-refractivity contribution in [3.63, 3.8) is 0 Å². The van der Waals surface area contributed by atoms with Crippen molar-refractivity contribution in [1.29, 1.82) is 0 Å². The van der Waals surface area contributed by atoms with Gasteiger partial charge in [0.1, 0.15) is 5.75 Å². The van der Waals surface area contributed by atoms with Crippen molar-refractivity contribution in [3.05, 3.63) is 46.8 Å². The summed E-state index contributed by atoms with van der Waals surface area (Å²) in [6.07, 6.45) is 2.15. The first-order valence-electron chi connectivity index (χ1n) is 8.12. The normalized spacial score (nSPS) is 12.9. The summed E-state index contributed by atoms with van der Waals surface area (Å²) in [4.78, 5) is 37.1. The number of phosphoric ester groups is 1. The number of aliphatic carboxylic acids is 1. The second-order valence-electron chi connectivity index (χ2n) is 6.05. The summed E-state index contributed by atoms with van der Waals surface area (Å²) in [6, 6.07) is 2.53. The number of carboxylic acid groups (broad SMARTS) is 1. The summed E-state index contributed by atoms with van der Waals surface area (Å²) in [5.74, 6) is -2.38. The molecule has 0 aliphatic heterocycles. The molecular weight excluding hydrogens is 407 g/mol. The van der Waals surface area contributed by atoms with E-state index >= 15 is 0 Å². The maximum Gasteiger partial charge on any atom is 0.469 e. The van der Waals surface area contributed by atoms with Crippen LogP contribution < -0.4 is 0 Å². The number of phenols is 2. The number of aryl methyl sites for hydroxylation is 1. The second-order valence-corrected chi connectivity index (χ2v) is 7.29. The number of aromatic nitrogens is 1. The highest BCUT2D eigenvalue weighted by atomic mass is 31.2. The Labute approximate surface area is 164 Å². The topological polar surface area (TPSA) is 190 Å². The first kappa shape index (κ1) is 22.3. The van der Waals surface area contributed by atoms with E-state index in [4.69, 9.17) is 9.79 Å². The molecule has 156 valence electrons. The van der Waals surface area contributed by atoms with Crippen LogP contribution in [-0.2, 0) is 26.9 Å². The van der Waals surface area contributed by atoms with E-state index in [1.807, 2.05) is 0 Å². The van der Waals surface area contributed by atoms with E-state index in [-0.39, 0.29) is 34.7 Å². The molecule has 29 heavy (non-hydrogen) atoms. The number of benzene rings is 1. The lowest BCUT2D eigenvalue weighted by molar-refractivity contribution is -0.138. The van der Waals surface area contributed by atoms with Crippen molar-refractivity contribution >= 4 is 20.0 Å². The van der Waals surface area contributed by atoms with E-state index in [1.165, 1.54) is 31.3 Å². The Bertz CT molecular complexity index is 987. The van der Waals surface area contributed by atoms with Gasteiger partial charge in [0.15, 0.2) is 17.5 Å². The van der Waals surface area contributed by atoms with Gasteiger partial charge in [0.2, 0.25) is 0 Å². The van der Waals surface area contributed by atoms with Crippen LogP contribution in [0.15, 0.2) is 29.4 Å². The number of hydrogen-bond acceptors (Lipinski definition) is 8. The quantitative estimate of drug-likeness (QED) is 0.203. The molecule has 2 aromatic rings. The monoisotopic (exact) mass is 426 g/mol. The van der Waals surface area contributed by atoms with E-state index in [0.717, 1.165) is 6.21 Å². The Kier molecular flexibility index (Phi) is 6.93. The van der Waals surface area contributed by atoms with Crippen LogP contribution >= 0.6 is 7.82 Å². The maximum atomic E-state index is 11.5. The van der Waals surface area contributed by atoms with E-state index < -0.39 is 32.2 Å². The standard InChI is InChI=1S/C17H19N2O9P/c1-9-16(22)12(11(6-18-9)8-28-29(25,26)27)7-19-13(17(23)24)4-10-2-3-14(20)15(21)5-10/h2-3,5-7,13,20-22H,4,8H2,1H3,(H,23,24)(H2,25,26,27)/t13-/m0/s1. The number of phosphoric acid groups is 1. The molecule has 6 N–H and O–H groups in total. The van der Waals surface area contributed by atoms with Gasteiger partial charge in [-0.05, 0) is 24.6 Å². The highest BCUT2D eigenvalue weighted by Gasteiger charge is 2.20. The fourth-order valence-electron chi connectivity index (χ4n) is 2.35. The summed E-state index contributed by atoms with van der Waals surface area (Å²) in [7, 11) is -4.78. The molecule has 0 unspecified atom stereocenters. The van der Waals surface area contributed by atoms with Crippen molar-refractivity contribution in [2.24, 2.45) is 4.99 Å². The van der Waals surface area contributed by atoms with E-state index in [9.17, 15) is 29.8 Å². The Morgan fingerprint density at radius 3 is 2.55 bits per heavy atom. The third-order valence-corrected chi connectivity index (χ3v) is 4.35. The lowest BCUT2D eigenvalue weighted by Crippen LogP contribution is -2.21. The summed E-state index contributed by atoms with van der Waals surface area (Å²) >= 11 is 0. The first-order chi connectivity index (χ1) is 13.5. The van der Waals surface area contributed by atoms with E-state index in [0.29, 0.717) is 5.56 Å². The maximum absolute atomic E-state index is 11.5. The van der Waals surface area contributed by atoms with Crippen molar-refractivity contribution < 1.29 is 44.1 Å². The molecule has 0 aliphatic rings. The SMILES string of the molecule is Cc1ncc(COP(=O)(O)O)c(C=N[C@@H](Cc2ccc(O)c(O)c2)C(=O)O)c1O. The van der Waals surface area contributed by atoms with Crippen molar-refractivity contribution in [3.8, 4) is 17.2 Å². The van der Waals surface area contributed by atoms with Crippen LogP contribution in [0.3, 0.4) is 0 Å².